The number of sulfonamides is 1. The maximum Gasteiger partial charge on any atom is 0.243 e. The number of hydrogen-bond donors (Lipinski definition) is 0. The van der Waals surface area contributed by atoms with Crippen LogP contribution in [0.4, 0.5) is 0 Å². The second kappa shape index (κ2) is 6.45. The predicted molar refractivity (Wildman–Crippen MR) is 81.1 cm³/mol. The third-order valence-corrected chi connectivity index (χ3v) is 5.33. The molecule has 8 heteroatoms. The van der Waals surface area contributed by atoms with E-state index in [4.69, 9.17) is 9.26 Å². The van der Waals surface area contributed by atoms with Crippen molar-refractivity contribution >= 4 is 10.0 Å². The minimum Gasteiger partial charge on any atom is -0.496 e. The van der Waals surface area contributed by atoms with Gasteiger partial charge in [0.15, 0.2) is 0 Å². The lowest BCUT2D eigenvalue weighted by Crippen LogP contribution is -2.30. The Hall–Kier alpha value is -1.93. The number of nitrogens with zero attached hydrogens (tertiary/aromatic N) is 3. The van der Waals surface area contributed by atoms with Crippen molar-refractivity contribution < 1.29 is 17.7 Å². The van der Waals surface area contributed by atoms with Crippen molar-refractivity contribution in [2.24, 2.45) is 0 Å². The lowest BCUT2D eigenvalue weighted by atomic mass is 10.2. The monoisotopic (exact) mass is 325 g/mol. The zero-order valence-corrected chi connectivity index (χ0v) is 13.8. The van der Waals surface area contributed by atoms with Gasteiger partial charge in [0.05, 0.1) is 17.6 Å². The largest absolute Gasteiger partial charge is 0.496 e. The van der Waals surface area contributed by atoms with Crippen molar-refractivity contribution in [2.75, 3.05) is 20.2 Å². The van der Waals surface area contributed by atoms with E-state index in [-0.39, 0.29) is 4.90 Å². The number of hydrogen-bond acceptors (Lipinski definition) is 6. The van der Waals surface area contributed by atoms with Crippen LogP contribution in [-0.4, -0.2) is 43.1 Å². The van der Waals surface area contributed by atoms with E-state index in [0.717, 1.165) is 0 Å². The molecule has 1 aromatic heterocycles. The summed E-state index contributed by atoms with van der Waals surface area (Å²) in [6.07, 6.45) is 0. The van der Waals surface area contributed by atoms with Gasteiger partial charge in [0.1, 0.15) is 5.75 Å². The fraction of sp³-hybridized carbons (Fsp3) is 0.429. The van der Waals surface area contributed by atoms with E-state index in [2.05, 4.69) is 10.1 Å². The summed E-state index contributed by atoms with van der Waals surface area (Å²) in [5.41, 5.74) is 0.479. The number of aromatic nitrogens is 2. The summed E-state index contributed by atoms with van der Waals surface area (Å²) in [5.74, 6) is 1.18. The van der Waals surface area contributed by atoms with Crippen molar-refractivity contribution in [3.05, 3.63) is 24.1 Å². The van der Waals surface area contributed by atoms with Crippen LogP contribution in [0.25, 0.3) is 11.4 Å². The highest BCUT2D eigenvalue weighted by Gasteiger charge is 2.24. The molecule has 0 atom stereocenters. The molecule has 0 amide bonds. The van der Waals surface area contributed by atoms with Crippen molar-refractivity contribution in [3.63, 3.8) is 0 Å². The molecule has 1 aromatic carbocycles. The molecule has 22 heavy (non-hydrogen) atoms. The van der Waals surface area contributed by atoms with Gasteiger partial charge in [0, 0.05) is 20.0 Å². The molecule has 120 valence electrons. The number of ether oxygens (including phenoxy) is 1. The minimum absolute atomic E-state index is 0.175. The first kappa shape index (κ1) is 16.4. The van der Waals surface area contributed by atoms with Gasteiger partial charge in [-0.3, -0.25) is 0 Å². The standard InChI is InChI=1S/C14H19N3O4S/c1-5-17(6-2)22(18,19)11-7-8-13(20-4)12(9-11)14-15-10(3)21-16-14/h7-9H,5-6H2,1-4H3. The summed E-state index contributed by atoms with van der Waals surface area (Å²) in [6.45, 7) is 6.07. The summed E-state index contributed by atoms with van der Waals surface area (Å²) in [7, 11) is -2.05. The molecule has 0 spiro atoms. The highest BCUT2D eigenvalue weighted by atomic mass is 32.2. The molecular formula is C14H19N3O4S. The fourth-order valence-corrected chi connectivity index (χ4v) is 3.63. The molecule has 0 aliphatic rings. The Morgan fingerprint density at radius 1 is 1.27 bits per heavy atom. The SMILES string of the molecule is CCN(CC)S(=O)(=O)c1ccc(OC)c(-c2noc(C)n2)c1. The van der Waals surface area contributed by atoms with Gasteiger partial charge < -0.3 is 9.26 Å². The van der Waals surface area contributed by atoms with Gasteiger partial charge in [-0.1, -0.05) is 19.0 Å². The molecule has 0 fully saturated rings. The number of methoxy groups -OCH3 is 1. The summed E-state index contributed by atoms with van der Waals surface area (Å²) < 4.78 is 36.8. The van der Waals surface area contributed by atoms with Gasteiger partial charge in [-0.15, -0.1) is 0 Å². The van der Waals surface area contributed by atoms with E-state index < -0.39 is 10.0 Å². The van der Waals surface area contributed by atoms with Gasteiger partial charge >= 0.3 is 0 Å². The Balaban J connectivity index is 2.57. The van der Waals surface area contributed by atoms with Gasteiger partial charge in [-0.2, -0.15) is 9.29 Å². The molecule has 0 aliphatic carbocycles. The van der Waals surface area contributed by atoms with E-state index >= 15 is 0 Å². The van der Waals surface area contributed by atoms with Crippen LogP contribution >= 0.6 is 0 Å². The second-order valence-corrected chi connectivity index (χ2v) is 6.53. The molecule has 0 saturated heterocycles. The van der Waals surface area contributed by atoms with E-state index in [0.29, 0.717) is 36.1 Å². The average Bonchev–Trinajstić information content (AvgIpc) is 2.94. The maximum absolute atomic E-state index is 12.6. The van der Waals surface area contributed by atoms with Gasteiger partial charge in [0.25, 0.3) is 0 Å². The van der Waals surface area contributed by atoms with Crippen LogP contribution < -0.4 is 4.74 Å². The Morgan fingerprint density at radius 2 is 1.95 bits per heavy atom. The summed E-state index contributed by atoms with van der Waals surface area (Å²) >= 11 is 0. The molecule has 0 bridgehead atoms. The molecule has 0 aliphatic heterocycles. The predicted octanol–water partition coefficient (Wildman–Crippen LogP) is 2.08. The Kier molecular flexibility index (Phi) is 4.82. The van der Waals surface area contributed by atoms with Crippen LogP contribution in [-0.2, 0) is 10.0 Å². The minimum atomic E-state index is -3.56. The first-order valence-corrected chi connectivity index (χ1v) is 8.36. The highest BCUT2D eigenvalue weighted by molar-refractivity contribution is 7.89. The molecule has 0 unspecified atom stereocenters. The number of benzene rings is 1. The molecule has 7 nitrogen and oxygen atoms in total. The van der Waals surface area contributed by atoms with E-state index in [9.17, 15) is 8.42 Å². The van der Waals surface area contributed by atoms with E-state index in [1.165, 1.54) is 23.5 Å². The number of aryl methyl sites for hydroxylation is 1. The topological polar surface area (TPSA) is 85.5 Å². The van der Waals surface area contributed by atoms with E-state index in [1.54, 1.807) is 26.8 Å². The van der Waals surface area contributed by atoms with Crippen molar-refractivity contribution in [1.82, 2.24) is 14.4 Å². The third-order valence-electron chi connectivity index (χ3n) is 3.28. The van der Waals surface area contributed by atoms with Crippen LogP contribution in [0.1, 0.15) is 19.7 Å². The summed E-state index contributed by atoms with van der Waals surface area (Å²) in [5, 5.41) is 3.83. The van der Waals surface area contributed by atoms with Gasteiger partial charge in [0.2, 0.25) is 21.7 Å². The van der Waals surface area contributed by atoms with Crippen LogP contribution in [0.2, 0.25) is 0 Å². The number of rotatable bonds is 6. The van der Waals surface area contributed by atoms with Crippen molar-refractivity contribution in [1.29, 1.82) is 0 Å². The third kappa shape index (κ3) is 2.97. The Bertz CT molecular complexity index is 751. The molecule has 2 rings (SSSR count). The van der Waals surface area contributed by atoms with Crippen molar-refractivity contribution in [3.8, 4) is 17.1 Å². The summed E-state index contributed by atoms with van der Waals surface area (Å²) in [4.78, 5) is 4.31. The van der Waals surface area contributed by atoms with Crippen LogP contribution in [0.3, 0.4) is 0 Å². The summed E-state index contributed by atoms with van der Waals surface area (Å²) in [6, 6.07) is 4.62. The van der Waals surface area contributed by atoms with Crippen LogP contribution in [0.15, 0.2) is 27.6 Å². The molecule has 1 heterocycles. The highest BCUT2D eigenvalue weighted by Crippen LogP contribution is 2.31. The van der Waals surface area contributed by atoms with Crippen molar-refractivity contribution in [2.45, 2.75) is 25.7 Å². The second-order valence-electron chi connectivity index (χ2n) is 4.59. The average molecular weight is 325 g/mol. The quantitative estimate of drug-likeness (QED) is 0.808. The van der Waals surface area contributed by atoms with E-state index in [1.807, 2.05) is 0 Å². The molecule has 0 radical (unpaired) electrons. The lowest BCUT2D eigenvalue weighted by molar-refractivity contribution is 0.392. The first-order valence-electron chi connectivity index (χ1n) is 6.92. The Morgan fingerprint density at radius 3 is 2.45 bits per heavy atom. The molecule has 0 saturated carbocycles. The first-order chi connectivity index (χ1) is 10.4. The van der Waals surface area contributed by atoms with Gasteiger partial charge in [-0.05, 0) is 18.2 Å². The maximum atomic E-state index is 12.6. The molecular weight excluding hydrogens is 306 g/mol. The molecule has 2 aromatic rings. The van der Waals surface area contributed by atoms with Crippen LogP contribution in [0.5, 0.6) is 5.75 Å². The zero-order valence-electron chi connectivity index (χ0n) is 13.0. The Labute approximate surface area is 129 Å². The zero-order chi connectivity index (χ0) is 16.3. The lowest BCUT2D eigenvalue weighted by Gasteiger charge is -2.19. The van der Waals surface area contributed by atoms with Crippen LogP contribution in [0, 0.1) is 6.92 Å². The van der Waals surface area contributed by atoms with Gasteiger partial charge in [-0.25, -0.2) is 8.42 Å². The normalized spacial score (nSPS) is 11.9. The smallest absolute Gasteiger partial charge is 0.243 e. The molecule has 0 N–H and O–H groups in total. The fourth-order valence-electron chi connectivity index (χ4n) is 2.14.